The van der Waals surface area contributed by atoms with Crippen molar-refractivity contribution in [2.45, 2.75) is 0 Å². The van der Waals surface area contributed by atoms with E-state index in [9.17, 15) is 9.59 Å². The summed E-state index contributed by atoms with van der Waals surface area (Å²) in [6.45, 7) is 0. The van der Waals surface area contributed by atoms with Crippen LogP contribution in [0, 0.1) is 0 Å². The fraction of sp³-hybridized carbons (Fsp3) is 0.0909. The van der Waals surface area contributed by atoms with Gasteiger partial charge in [0, 0.05) is 10.3 Å². The van der Waals surface area contributed by atoms with E-state index >= 15 is 0 Å². The predicted octanol–water partition coefficient (Wildman–Crippen LogP) is 2.50. The van der Waals surface area contributed by atoms with Crippen molar-refractivity contribution in [3.8, 4) is 0 Å². The van der Waals surface area contributed by atoms with Gasteiger partial charge in [0.2, 0.25) is 0 Å². The first kappa shape index (κ1) is 9.86. The lowest BCUT2D eigenvalue weighted by Crippen LogP contribution is -1.96. The van der Waals surface area contributed by atoms with Crippen LogP contribution in [0.3, 0.4) is 0 Å². The lowest BCUT2D eigenvalue weighted by molar-refractivity contribution is 0.0606. The Balaban J connectivity index is 2.55. The summed E-state index contributed by atoms with van der Waals surface area (Å²) in [4.78, 5) is 22.4. The van der Waals surface area contributed by atoms with E-state index in [4.69, 9.17) is 0 Å². The summed E-state index contributed by atoms with van der Waals surface area (Å²) < 4.78 is 5.60. The Bertz CT molecular complexity index is 528. The zero-order chi connectivity index (χ0) is 10.8. The van der Waals surface area contributed by atoms with Crippen molar-refractivity contribution < 1.29 is 14.3 Å². The number of esters is 1. The first-order valence-corrected chi connectivity index (χ1v) is 5.13. The van der Waals surface area contributed by atoms with Crippen molar-refractivity contribution in [2.24, 2.45) is 0 Å². The van der Waals surface area contributed by atoms with Gasteiger partial charge < -0.3 is 4.74 Å². The molecular formula is C11H8O3S. The summed E-state index contributed by atoms with van der Waals surface area (Å²) >= 11 is 1.36. The minimum Gasteiger partial charge on any atom is -0.465 e. The Morgan fingerprint density at radius 3 is 2.87 bits per heavy atom. The Morgan fingerprint density at radius 2 is 2.20 bits per heavy atom. The summed E-state index contributed by atoms with van der Waals surface area (Å²) in [6, 6.07) is 7.05. The molecule has 0 N–H and O–H groups in total. The summed E-state index contributed by atoms with van der Waals surface area (Å²) in [5.74, 6) is -0.344. The van der Waals surface area contributed by atoms with E-state index in [0.29, 0.717) is 10.4 Å². The monoisotopic (exact) mass is 220 g/mol. The van der Waals surface area contributed by atoms with E-state index in [2.05, 4.69) is 4.74 Å². The highest BCUT2D eigenvalue weighted by Gasteiger charge is 2.10. The van der Waals surface area contributed by atoms with Gasteiger partial charge in [-0.1, -0.05) is 6.07 Å². The number of thiophene rings is 1. The second-order valence-electron chi connectivity index (χ2n) is 3.02. The molecule has 4 heteroatoms. The lowest BCUT2D eigenvalue weighted by atomic mass is 10.2. The second-order valence-corrected chi connectivity index (χ2v) is 4.10. The first-order chi connectivity index (χ1) is 7.24. The van der Waals surface area contributed by atoms with Crippen molar-refractivity contribution in [2.75, 3.05) is 7.11 Å². The van der Waals surface area contributed by atoms with Gasteiger partial charge in [0.05, 0.1) is 7.11 Å². The van der Waals surface area contributed by atoms with Crippen LogP contribution in [0.25, 0.3) is 10.1 Å². The van der Waals surface area contributed by atoms with E-state index in [1.54, 1.807) is 18.2 Å². The third-order valence-electron chi connectivity index (χ3n) is 2.06. The van der Waals surface area contributed by atoms with E-state index < -0.39 is 0 Å². The largest absolute Gasteiger partial charge is 0.465 e. The number of hydrogen-bond acceptors (Lipinski definition) is 4. The van der Waals surface area contributed by atoms with Crippen molar-refractivity contribution in [3.63, 3.8) is 0 Å². The van der Waals surface area contributed by atoms with Crippen molar-refractivity contribution in [1.29, 1.82) is 0 Å². The van der Waals surface area contributed by atoms with E-state index in [1.807, 2.05) is 6.07 Å². The normalized spacial score (nSPS) is 10.2. The highest BCUT2D eigenvalue weighted by Crippen LogP contribution is 2.26. The molecular weight excluding hydrogens is 212 g/mol. The zero-order valence-electron chi connectivity index (χ0n) is 8.02. The zero-order valence-corrected chi connectivity index (χ0v) is 8.84. The Morgan fingerprint density at radius 1 is 1.40 bits per heavy atom. The van der Waals surface area contributed by atoms with Crippen LogP contribution in [0.2, 0.25) is 0 Å². The maximum atomic E-state index is 11.3. The van der Waals surface area contributed by atoms with Gasteiger partial charge >= 0.3 is 5.97 Å². The maximum Gasteiger partial charge on any atom is 0.348 e. The molecule has 1 heterocycles. The number of ether oxygens (including phenoxy) is 1. The minimum atomic E-state index is -0.344. The van der Waals surface area contributed by atoms with Gasteiger partial charge in [-0.25, -0.2) is 4.79 Å². The summed E-state index contributed by atoms with van der Waals surface area (Å²) in [6.07, 6.45) is 0.787. The molecule has 0 spiro atoms. The molecule has 0 aliphatic carbocycles. The predicted molar refractivity (Wildman–Crippen MR) is 58.6 cm³/mol. The molecule has 15 heavy (non-hydrogen) atoms. The van der Waals surface area contributed by atoms with Crippen molar-refractivity contribution >= 4 is 33.7 Å². The van der Waals surface area contributed by atoms with E-state index in [-0.39, 0.29) is 5.97 Å². The molecule has 0 saturated carbocycles. The molecule has 3 nitrogen and oxygen atoms in total. The number of hydrogen-bond donors (Lipinski definition) is 0. The summed E-state index contributed by atoms with van der Waals surface area (Å²) in [5.41, 5.74) is 0.608. The first-order valence-electron chi connectivity index (χ1n) is 4.31. The lowest BCUT2D eigenvalue weighted by Gasteiger charge is -1.90. The average Bonchev–Trinajstić information content (AvgIpc) is 2.70. The van der Waals surface area contributed by atoms with Crippen LogP contribution < -0.4 is 0 Å². The van der Waals surface area contributed by atoms with Crippen LogP contribution in [-0.2, 0) is 4.74 Å². The Labute approximate surface area is 90.3 Å². The number of aldehydes is 1. The highest BCUT2D eigenvalue weighted by atomic mass is 32.1. The third-order valence-corrected chi connectivity index (χ3v) is 3.16. The number of benzene rings is 1. The molecule has 0 fully saturated rings. The minimum absolute atomic E-state index is 0.344. The second kappa shape index (κ2) is 3.82. The van der Waals surface area contributed by atoms with Gasteiger partial charge in [0.1, 0.15) is 11.2 Å². The van der Waals surface area contributed by atoms with Crippen LogP contribution in [0.1, 0.15) is 20.0 Å². The molecule has 0 aliphatic rings. The maximum absolute atomic E-state index is 11.3. The fourth-order valence-corrected chi connectivity index (χ4v) is 2.30. The van der Waals surface area contributed by atoms with Crippen LogP contribution in [-0.4, -0.2) is 19.4 Å². The van der Waals surface area contributed by atoms with Crippen LogP contribution >= 0.6 is 11.3 Å². The molecule has 0 unspecified atom stereocenters. The molecule has 1 aromatic heterocycles. The summed E-state index contributed by atoms with van der Waals surface area (Å²) in [7, 11) is 1.35. The standard InChI is InChI=1S/C11H8O3S/c1-14-11(13)10-5-8-4-7(6-12)2-3-9(8)15-10/h2-6H,1H3. The Kier molecular flexibility index (Phi) is 2.51. The molecule has 0 atom stereocenters. The summed E-state index contributed by atoms with van der Waals surface area (Å²) in [5, 5.41) is 0.894. The fourth-order valence-electron chi connectivity index (χ4n) is 1.34. The molecule has 76 valence electrons. The topological polar surface area (TPSA) is 43.4 Å². The molecule has 0 bridgehead atoms. The van der Waals surface area contributed by atoms with Gasteiger partial charge in [0.25, 0.3) is 0 Å². The van der Waals surface area contributed by atoms with Crippen molar-refractivity contribution in [1.82, 2.24) is 0 Å². The number of rotatable bonds is 2. The molecule has 2 aromatic rings. The Hall–Kier alpha value is -1.68. The van der Waals surface area contributed by atoms with Gasteiger partial charge in [-0.15, -0.1) is 11.3 Å². The van der Waals surface area contributed by atoms with Crippen LogP contribution in [0.4, 0.5) is 0 Å². The average molecular weight is 220 g/mol. The van der Waals surface area contributed by atoms with E-state index in [1.165, 1.54) is 18.4 Å². The molecule has 2 rings (SSSR count). The van der Waals surface area contributed by atoms with Crippen LogP contribution in [0.15, 0.2) is 24.3 Å². The number of methoxy groups -OCH3 is 1. The number of carbonyl (C=O) groups is 2. The van der Waals surface area contributed by atoms with Crippen molar-refractivity contribution in [3.05, 3.63) is 34.7 Å². The van der Waals surface area contributed by atoms with E-state index in [0.717, 1.165) is 16.4 Å². The van der Waals surface area contributed by atoms with Gasteiger partial charge in [-0.05, 0) is 23.6 Å². The highest BCUT2D eigenvalue weighted by molar-refractivity contribution is 7.20. The molecule has 0 amide bonds. The van der Waals surface area contributed by atoms with Gasteiger partial charge in [-0.3, -0.25) is 4.79 Å². The van der Waals surface area contributed by atoms with Gasteiger partial charge in [0.15, 0.2) is 0 Å². The number of carbonyl (C=O) groups excluding carboxylic acids is 2. The SMILES string of the molecule is COC(=O)c1cc2cc(C=O)ccc2s1. The molecule has 1 aromatic carbocycles. The molecule has 0 aliphatic heterocycles. The molecule has 0 radical (unpaired) electrons. The van der Waals surface area contributed by atoms with Crippen LogP contribution in [0.5, 0.6) is 0 Å². The smallest absolute Gasteiger partial charge is 0.348 e. The molecule has 0 saturated heterocycles. The number of fused-ring (bicyclic) bond motifs is 1. The van der Waals surface area contributed by atoms with Gasteiger partial charge in [-0.2, -0.15) is 0 Å². The third kappa shape index (κ3) is 1.76. The quantitative estimate of drug-likeness (QED) is 0.577.